The number of ether oxygens (including phenoxy) is 1. The smallest absolute Gasteiger partial charge is 0.251 e. The molecule has 0 saturated carbocycles. The zero-order valence-electron chi connectivity index (χ0n) is 18.0. The van der Waals surface area contributed by atoms with Gasteiger partial charge in [-0.25, -0.2) is 4.98 Å². The van der Waals surface area contributed by atoms with Crippen molar-refractivity contribution >= 4 is 17.2 Å². The lowest BCUT2D eigenvalue weighted by Crippen LogP contribution is -2.34. The lowest BCUT2D eigenvalue weighted by atomic mass is 10.0. The van der Waals surface area contributed by atoms with Gasteiger partial charge in [-0.15, -0.1) is 11.3 Å². The highest BCUT2D eigenvalue weighted by Crippen LogP contribution is 2.20. The van der Waals surface area contributed by atoms with Crippen molar-refractivity contribution in [2.45, 2.75) is 32.9 Å². The van der Waals surface area contributed by atoms with Crippen molar-refractivity contribution in [3.05, 3.63) is 81.3 Å². The molecule has 3 aromatic rings. The normalized spacial score (nSPS) is 12.0. The molecule has 1 N–H and O–H groups in total. The van der Waals surface area contributed by atoms with Crippen LogP contribution in [-0.4, -0.2) is 36.4 Å². The Morgan fingerprint density at radius 1 is 1.20 bits per heavy atom. The number of aromatic nitrogens is 1. The minimum Gasteiger partial charge on any atom is -0.487 e. The van der Waals surface area contributed by atoms with Crippen LogP contribution in [0.1, 0.15) is 45.2 Å². The molecule has 0 saturated heterocycles. The summed E-state index contributed by atoms with van der Waals surface area (Å²) in [7, 11) is 4.05. The van der Waals surface area contributed by atoms with E-state index in [1.807, 2.05) is 38.5 Å². The summed E-state index contributed by atoms with van der Waals surface area (Å²) >= 11 is 1.60. The number of nitrogens with one attached hydrogen (secondary N) is 1. The monoisotopic (exact) mass is 423 g/mol. The number of likely N-dealkylation sites (N-methyl/N-ethyl adjacent to an activating group) is 1. The standard InChI is InChI=1S/C24H29N3O2S/c1-5-18-9-11-19(12-10-18)23(27(3)4)14-25-24(28)20-7-6-8-22(13-20)29-15-21-16-30-17(2)26-21/h6-13,16,23H,5,14-15H2,1-4H3,(H,25,28). The largest absolute Gasteiger partial charge is 0.487 e. The van der Waals surface area contributed by atoms with E-state index in [-0.39, 0.29) is 11.9 Å². The second kappa shape index (κ2) is 10.4. The Morgan fingerprint density at radius 2 is 1.97 bits per heavy atom. The number of hydrogen-bond donors (Lipinski definition) is 1. The highest BCUT2D eigenvalue weighted by atomic mass is 32.1. The summed E-state index contributed by atoms with van der Waals surface area (Å²) in [6.07, 6.45) is 1.02. The van der Waals surface area contributed by atoms with E-state index in [9.17, 15) is 4.79 Å². The van der Waals surface area contributed by atoms with Crippen LogP contribution in [0.4, 0.5) is 0 Å². The second-order valence-corrected chi connectivity index (χ2v) is 8.52. The summed E-state index contributed by atoms with van der Waals surface area (Å²) in [6.45, 7) is 5.04. The summed E-state index contributed by atoms with van der Waals surface area (Å²) in [4.78, 5) is 19.3. The molecule has 0 aliphatic rings. The third kappa shape index (κ3) is 5.90. The van der Waals surface area contributed by atoms with Crippen LogP contribution in [0.5, 0.6) is 5.75 Å². The topological polar surface area (TPSA) is 54.5 Å². The van der Waals surface area contributed by atoms with Crippen LogP contribution in [0.3, 0.4) is 0 Å². The fourth-order valence-electron chi connectivity index (χ4n) is 3.22. The number of thiazole rings is 1. The average Bonchev–Trinajstić information content (AvgIpc) is 3.18. The number of rotatable bonds is 9. The molecule has 0 bridgehead atoms. The van der Waals surface area contributed by atoms with Crippen molar-refractivity contribution < 1.29 is 9.53 Å². The minimum atomic E-state index is -0.109. The maximum atomic E-state index is 12.7. The molecular weight excluding hydrogens is 394 g/mol. The summed E-state index contributed by atoms with van der Waals surface area (Å²) in [5, 5.41) is 6.07. The van der Waals surface area contributed by atoms with E-state index in [1.54, 1.807) is 23.5 Å². The number of nitrogens with zero attached hydrogens (tertiary/aromatic N) is 2. The third-order valence-corrected chi connectivity index (χ3v) is 5.82. The number of carbonyl (C=O) groups excluding carboxylic acids is 1. The molecule has 0 spiro atoms. The Bertz CT molecular complexity index is 967. The van der Waals surface area contributed by atoms with Crippen LogP contribution in [0, 0.1) is 6.92 Å². The first-order valence-corrected chi connectivity index (χ1v) is 11.0. The van der Waals surface area contributed by atoms with Crippen LogP contribution < -0.4 is 10.1 Å². The highest BCUT2D eigenvalue weighted by Gasteiger charge is 2.16. The first-order chi connectivity index (χ1) is 14.5. The first kappa shape index (κ1) is 22.0. The highest BCUT2D eigenvalue weighted by molar-refractivity contribution is 7.09. The van der Waals surface area contributed by atoms with Crippen LogP contribution in [0.15, 0.2) is 53.9 Å². The van der Waals surface area contributed by atoms with E-state index in [4.69, 9.17) is 4.74 Å². The van der Waals surface area contributed by atoms with Crippen molar-refractivity contribution in [3.63, 3.8) is 0 Å². The molecule has 1 heterocycles. The van der Waals surface area contributed by atoms with Gasteiger partial charge in [0, 0.05) is 17.5 Å². The van der Waals surface area contributed by atoms with E-state index in [0.29, 0.717) is 24.5 Å². The van der Waals surface area contributed by atoms with Gasteiger partial charge in [-0.1, -0.05) is 37.3 Å². The van der Waals surface area contributed by atoms with Gasteiger partial charge in [-0.05, 0) is 56.8 Å². The molecule has 1 aromatic heterocycles. The number of aryl methyl sites for hydroxylation is 2. The van der Waals surface area contributed by atoms with Gasteiger partial charge < -0.3 is 15.0 Å². The number of carbonyl (C=O) groups is 1. The molecule has 0 fully saturated rings. The van der Waals surface area contributed by atoms with Crippen LogP contribution in [0.25, 0.3) is 0 Å². The molecule has 1 atom stereocenters. The molecule has 2 aromatic carbocycles. The summed E-state index contributed by atoms with van der Waals surface area (Å²) in [5.74, 6) is 0.551. The Labute approximate surface area is 182 Å². The van der Waals surface area contributed by atoms with Gasteiger partial charge in [0.1, 0.15) is 12.4 Å². The zero-order valence-corrected chi connectivity index (χ0v) is 18.8. The van der Waals surface area contributed by atoms with E-state index in [1.165, 1.54) is 11.1 Å². The van der Waals surface area contributed by atoms with Crippen LogP contribution in [0.2, 0.25) is 0 Å². The Kier molecular flexibility index (Phi) is 7.60. The lowest BCUT2D eigenvalue weighted by Gasteiger charge is -2.25. The molecule has 0 radical (unpaired) electrons. The van der Waals surface area contributed by atoms with Gasteiger partial charge in [0.25, 0.3) is 5.91 Å². The van der Waals surface area contributed by atoms with Crippen LogP contribution in [-0.2, 0) is 13.0 Å². The van der Waals surface area contributed by atoms with Crippen molar-refractivity contribution in [1.82, 2.24) is 15.2 Å². The van der Waals surface area contributed by atoms with E-state index in [0.717, 1.165) is 17.1 Å². The molecule has 5 nitrogen and oxygen atoms in total. The SMILES string of the molecule is CCc1ccc(C(CNC(=O)c2cccc(OCc3csc(C)n3)c2)N(C)C)cc1. The van der Waals surface area contributed by atoms with Gasteiger partial charge in [-0.2, -0.15) is 0 Å². The molecule has 6 heteroatoms. The number of benzene rings is 2. The molecule has 1 unspecified atom stereocenters. The van der Waals surface area contributed by atoms with E-state index >= 15 is 0 Å². The van der Waals surface area contributed by atoms with Gasteiger partial charge in [0.2, 0.25) is 0 Å². The van der Waals surface area contributed by atoms with E-state index < -0.39 is 0 Å². The summed E-state index contributed by atoms with van der Waals surface area (Å²) < 4.78 is 5.81. The van der Waals surface area contributed by atoms with Crippen molar-refractivity contribution in [2.24, 2.45) is 0 Å². The molecule has 158 valence electrons. The maximum Gasteiger partial charge on any atom is 0.251 e. The average molecular weight is 424 g/mol. The van der Waals surface area contributed by atoms with Gasteiger partial charge in [0.15, 0.2) is 0 Å². The third-order valence-electron chi connectivity index (χ3n) is 5.00. The fraction of sp³-hybridized carbons (Fsp3) is 0.333. The Morgan fingerprint density at radius 3 is 2.60 bits per heavy atom. The van der Waals surface area contributed by atoms with E-state index in [2.05, 4.69) is 46.4 Å². The second-order valence-electron chi connectivity index (χ2n) is 7.46. The predicted molar refractivity (Wildman–Crippen MR) is 122 cm³/mol. The lowest BCUT2D eigenvalue weighted by molar-refractivity contribution is 0.0941. The summed E-state index contributed by atoms with van der Waals surface area (Å²) in [6, 6.07) is 16.0. The maximum absolute atomic E-state index is 12.7. The predicted octanol–water partition coefficient (Wildman–Crippen LogP) is 4.63. The molecule has 30 heavy (non-hydrogen) atoms. The fourth-order valence-corrected chi connectivity index (χ4v) is 3.82. The van der Waals surface area contributed by atoms with Crippen molar-refractivity contribution in [3.8, 4) is 5.75 Å². The molecule has 0 aliphatic heterocycles. The molecule has 0 aliphatic carbocycles. The Balaban J connectivity index is 1.61. The zero-order chi connectivity index (χ0) is 21.5. The van der Waals surface area contributed by atoms with Crippen molar-refractivity contribution in [2.75, 3.05) is 20.6 Å². The molecule has 3 rings (SSSR count). The van der Waals surface area contributed by atoms with Crippen molar-refractivity contribution in [1.29, 1.82) is 0 Å². The summed E-state index contributed by atoms with van der Waals surface area (Å²) in [5.41, 5.74) is 3.98. The minimum absolute atomic E-state index is 0.104. The molecular formula is C24H29N3O2S. The number of amides is 1. The quantitative estimate of drug-likeness (QED) is 0.545. The molecule has 1 amide bonds. The van der Waals surface area contributed by atoms with Gasteiger partial charge in [0.05, 0.1) is 16.7 Å². The number of hydrogen-bond acceptors (Lipinski definition) is 5. The van der Waals surface area contributed by atoms with Gasteiger partial charge in [-0.3, -0.25) is 4.79 Å². The Hall–Kier alpha value is -2.70. The van der Waals surface area contributed by atoms with Crippen LogP contribution >= 0.6 is 11.3 Å². The van der Waals surface area contributed by atoms with Gasteiger partial charge >= 0.3 is 0 Å². The first-order valence-electron chi connectivity index (χ1n) is 10.1.